The zero-order chi connectivity index (χ0) is 18.5. The second-order valence-corrected chi connectivity index (χ2v) is 7.52. The molecule has 0 heterocycles. The van der Waals surface area contributed by atoms with E-state index in [9.17, 15) is 0 Å². The van der Waals surface area contributed by atoms with Crippen molar-refractivity contribution in [2.75, 3.05) is 0 Å². The molecule has 0 aromatic heterocycles. The summed E-state index contributed by atoms with van der Waals surface area (Å²) in [5.74, 6) is 0. The van der Waals surface area contributed by atoms with Gasteiger partial charge in [-0.15, -0.1) is 0 Å². The molecule has 1 aliphatic rings. The quantitative estimate of drug-likeness (QED) is 0.234. The van der Waals surface area contributed by atoms with Crippen LogP contribution in [-0.4, -0.2) is 0 Å². The molecule has 0 N–H and O–H groups in total. The van der Waals surface area contributed by atoms with Gasteiger partial charge in [-0.2, -0.15) is 0 Å². The molecule has 0 saturated heterocycles. The first-order chi connectivity index (χ1) is 12.9. The predicted molar refractivity (Wildman–Crippen MR) is 112 cm³/mol. The summed E-state index contributed by atoms with van der Waals surface area (Å²) in [5, 5.41) is 4.19. The molecule has 27 heavy (non-hydrogen) atoms. The topological polar surface area (TPSA) is 19.9 Å². The van der Waals surface area contributed by atoms with E-state index in [-0.39, 0.29) is 19.5 Å². The molecule has 0 unspecified atom stereocenters. The Hall–Kier alpha value is -2.07. The SMILES string of the molecule is [C-]#[O+].[CH]1C=CC=C1.[Rh].c1ccc(P(c2ccccc2)c2ccccc2)cc1. The minimum Gasteiger partial charge on any atom is -0.0767 e. The van der Waals surface area contributed by atoms with Gasteiger partial charge < -0.3 is 0 Å². The van der Waals surface area contributed by atoms with Crippen molar-refractivity contribution in [2.24, 2.45) is 0 Å². The largest absolute Gasteiger partial charge is 0.0767 e. The molecule has 0 atom stereocenters. The summed E-state index contributed by atoms with van der Waals surface area (Å²) < 4.78 is 7.50. The molecule has 3 aromatic rings. The molecule has 1 aliphatic carbocycles. The average Bonchev–Trinajstić information content (AvgIpc) is 3.33. The van der Waals surface area contributed by atoms with Gasteiger partial charge >= 0.3 is 11.3 Å². The molecule has 0 amide bonds. The van der Waals surface area contributed by atoms with Gasteiger partial charge in [-0.1, -0.05) is 115 Å². The van der Waals surface area contributed by atoms with Gasteiger partial charge in [0.05, 0.1) is 0 Å². The molecular weight excluding hydrogens is 438 g/mol. The molecule has 2 radical (unpaired) electrons. The maximum atomic E-state index is 7.50. The third-order valence-corrected chi connectivity index (χ3v) is 6.04. The van der Waals surface area contributed by atoms with E-state index in [0.717, 1.165) is 0 Å². The van der Waals surface area contributed by atoms with Gasteiger partial charge in [-0.25, -0.2) is 0 Å². The summed E-state index contributed by atoms with van der Waals surface area (Å²) in [5.41, 5.74) is 0. The van der Waals surface area contributed by atoms with Crippen LogP contribution in [-0.2, 0) is 24.1 Å². The van der Waals surface area contributed by atoms with E-state index < -0.39 is 7.92 Å². The van der Waals surface area contributed by atoms with Crippen LogP contribution in [0.3, 0.4) is 0 Å². The van der Waals surface area contributed by atoms with E-state index in [1.165, 1.54) is 15.9 Å². The standard InChI is InChI=1S/C18H15P.C5H5.CO.Rh/c1-4-10-16(11-5-1)19(17-12-6-2-7-13-17)18-14-8-3-9-15-18;1-2-4-5-3-1;1-2;/h1-15H;1-5H;;. The van der Waals surface area contributed by atoms with Gasteiger partial charge in [0.1, 0.15) is 0 Å². The first-order valence-corrected chi connectivity index (χ1v) is 9.62. The fourth-order valence-corrected chi connectivity index (χ4v) is 4.80. The van der Waals surface area contributed by atoms with Gasteiger partial charge in [0, 0.05) is 25.9 Å². The van der Waals surface area contributed by atoms with E-state index in [1.807, 2.05) is 30.7 Å². The van der Waals surface area contributed by atoms with Crippen LogP contribution in [0.1, 0.15) is 0 Å². The van der Waals surface area contributed by atoms with Crippen molar-refractivity contribution < 1.29 is 24.1 Å². The van der Waals surface area contributed by atoms with Gasteiger partial charge in [-0.3, -0.25) is 0 Å². The van der Waals surface area contributed by atoms with Crippen LogP contribution >= 0.6 is 7.92 Å². The Balaban J connectivity index is 0.000000390. The maximum absolute atomic E-state index is 7.50. The number of allylic oxidation sites excluding steroid dienone is 4. The summed E-state index contributed by atoms with van der Waals surface area (Å²) >= 11 is 0. The summed E-state index contributed by atoms with van der Waals surface area (Å²) in [4.78, 5) is 0. The van der Waals surface area contributed by atoms with E-state index in [1.54, 1.807) is 0 Å². The fourth-order valence-electron chi connectivity index (χ4n) is 2.50. The molecule has 136 valence electrons. The van der Waals surface area contributed by atoms with E-state index in [4.69, 9.17) is 4.65 Å². The minimum absolute atomic E-state index is 0. The van der Waals surface area contributed by atoms with Crippen molar-refractivity contribution in [2.45, 2.75) is 0 Å². The average molecular weight is 458 g/mol. The van der Waals surface area contributed by atoms with E-state index >= 15 is 0 Å². The zero-order valence-electron chi connectivity index (χ0n) is 14.7. The first kappa shape index (κ1) is 23.0. The summed E-state index contributed by atoms with van der Waals surface area (Å²) in [7, 11) is -0.446. The van der Waals surface area contributed by atoms with Crippen molar-refractivity contribution in [3.05, 3.63) is 128 Å². The van der Waals surface area contributed by atoms with Gasteiger partial charge in [0.2, 0.25) is 0 Å². The van der Waals surface area contributed by atoms with Crippen LogP contribution in [0.5, 0.6) is 0 Å². The van der Waals surface area contributed by atoms with Gasteiger partial charge in [-0.05, 0) is 23.8 Å². The number of rotatable bonds is 3. The first-order valence-electron chi connectivity index (χ1n) is 8.27. The van der Waals surface area contributed by atoms with Crippen molar-refractivity contribution in [3.63, 3.8) is 0 Å². The molecule has 3 heteroatoms. The molecule has 0 aliphatic heterocycles. The van der Waals surface area contributed by atoms with Crippen LogP contribution < -0.4 is 15.9 Å². The third-order valence-electron chi connectivity index (χ3n) is 3.60. The molecular formula is C24H20OPRh. The Labute approximate surface area is 176 Å². The second-order valence-electron chi connectivity index (χ2n) is 5.30. The number of hydrogen-bond donors (Lipinski definition) is 0. The fraction of sp³-hybridized carbons (Fsp3) is 0. The van der Waals surface area contributed by atoms with Crippen molar-refractivity contribution in [1.82, 2.24) is 0 Å². The Bertz CT molecular complexity index is 723. The molecule has 0 saturated carbocycles. The molecule has 3 aromatic carbocycles. The number of hydrogen-bond acceptors (Lipinski definition) is 0. The Morgan fingerprint density at radius 1 is 0.481 bits per heavy atom. The van der Waals surface area contributed by atoms with Gasteiger partial charge in [0.15, 0.2) is 0 Å². The second kappa shape index (κ2) is 14.0. The molecule has 0 fully saturated rings. The van der Waals surface area contributed by atoms with Crippen molar-refractivity contribution >= 4 is 23.8 Å². The maximum Gasteiger partial charge on any atom is 0.00506 e. The Kier molecular flexibility index (Phi) is 12.0. The number of benzene rings is 3. The monoisotopic (exact) mass is 458 g/mol. The summed E-state index contributed by atoms with van der Waals surface area (Å²) in [6.45, 7) is 4.50. The third kappa shape index (κ3) is 7.60. The minimum atomic E-state index is -0.446. The molecule has 1 nitrogen and oxygen atoms in total. The molecule has 0 spiro atoms. The predicted octanol–water partition coefficient (Wildman–Crippen LogP) is 4.72. The molecule has 4 rings (SSSR count). The summed E-state index contributed by atoms with van der Waals surface area (Å²) in [6.07, 6.45) is 10.0. The van der Waals surface area contributed by atoms with Gasteiger partial charge in [0.25, 0.3) is 0 Å². The Morgan fingerprint density at radius 3 is 1.00 bits per heavy atom. The summed E-state index contributed by atoms with van der Waals surface area (Å²) in [6, 6.07) is 32.3. The van der Waals surface area contributed by atoms with Crippen molar-refractivity contribution in [1.29, 1.82) is 0 Å². The van der Waals surface area contributed by atoms with Crippen LogP contribution in [0.4, 0.5) is 0 Å². The zero-order valence-corrected chi connectivity index (χ0v) is 17.3. The van der Waals surface area contributed by atoms with Crippen molar-refractivity contribution in [3.8, 4) is 0 Å². The van der Waals surface area contributed by atoms with Crippen LogP contribution in [0.2, 0.25) is 0 Å². The normalized spacial score (nSPS) is 10.8. The van der Waals surface area contributed by atoms with Crippen LogP contribution in [0.15, 0.2) is 115 Å². The van der Waals surface area contributed by atoms with E-state index in [2.05, 4.69) is 97.6 Å². The van der Waals surface area contributed by atoms with E-state index in [0.29, 0.717) is 0 Å². The van der Waals surface area contributed by atoms with Crippen LogP contribution in [0, 0.1) is 13.1 Å². The molecule has 0 bridgehead atoms. The smallest absolute Gasteiger partial charge is 0.00506 e. The Morgan fingerprint density at radius 2 is 0.778 bits per heavy atom. The van der Waals surface area contributed by atoms with Crippen LogP contribution in [0.25, 0.3) is 0 Å².